The van der Waals surface area contributed by atoms with Crippen LogP contribution in [0.25, 0.3) is 20.8 Å². The highest BCUT2D eigenvalue weighted by molar-refractivity contribution is 7.22. The molecule has 0 atom stereocenters. The van der Waals surface area contributed by atoms with Gasteiger partial charge in [0.1, 0.15) is 10.8 Å². The fourth-order valence-corrected chi connectivity index (χ4v) is 7.32. The molecule has 6 heteroatoms. The SMILES string of the molecule is CC(=O)N1CCc2c(sc(CC(=O)C3CCCCC3)c2-c2nc3ccccc3s2)C1. The van der Waals surface area contributed by atoms with Gasteiger partial charge in [-0.2, -0.15) is 0 Å². The Labute approximate surface area is 184 Å². The third-order valence-electron chi connectivity index (χ3n) is 6.48. The lowest BCUT2D eigenvalue weighted by molar-refractivity contribution is -0.129. The van der Waals surface area contributed by atoms with Crippen molar-refractivity contribution in [3.63, 3.8) is 0 Å². The van der Waals surface area contributed by atoms with Crippen LogP contribution < -0.4 is 0 Å². The van der Waals surface area contributed by atoms with E-state index in [2.05, 4.69) is 12.1 Å². The minimum absolute atomic E-state index is 0.121. The zero-order valence-corrected chi connectivity index (χ0v) is 18.9. The van der Waals surface area contributed by atoms with E-state index in [0.29, 0.717) is 18.7 Å². The van der Waals surface area contributed by atoms with Crippen LogP contribution in [0, 0.1) is 5.92 Å². The summed E-state index contributed by atoms with van der Waals surface area (Å²) in [7, 11) is 0. The molecule has 3 aromatic rings. The van der Waals surface area contributed by atoms with Gasteiger partial charge in [-0.3, -0.25) is 9.59 Å². The molecule has 1 aromatic carbocycles. The summed E-state index contributed by atoms with van der Waals surface area (Å²) in [5.41, 5.74) is 3.51. The number of amides is 1. The molecule has 1 aliphatic heterocycles. The number of para-hydroxylation sites is 1. The molecule has 30 heavy (non-hydrogen) atoms. The number of carbonyl (C=O) groups is 2. The molecule has 1 saturated carbocycles. The smallest absolute Gasteiger partial charge is 0.219 e. The average Bonchev–Trinajstić information content (AvgIpc) is 3.34. The lowest BCUT2D eigenvalue weighted by Gasteiger charge is -2.26. The number of ketones is 1. The van der Waals surface area contributed by atoms with Gasteiger partial charge in [0, 0.05) is 41.1 Å². The maximum absolute atomic E-state index is 13.1. The highest BCUT2D eigenvalue weighted by Crippen LogP contribution is 2.43. The first kappa shape index (κ1) is 19.9. The van der Waals surface area contributed by atoms with Gasteiger partial charge in [0.2, 0.25) is 5.91 Å². The van der Waals surface area contributed by atoms with Crippen LogP contribution in [0.2, 0.25) is 0 Å². The minimum Gasteiger partial charge on any atom is -0.337 e. The first-order chi connectivity index (χ1) is 14.6. The molecule has 5 rings (SSSR count). The van der Waals surface area contributed by atoms with Crippen LogP contribution in [0.5, 0.6) is 0 Å². The number of nitrogens with zero attached hydrogens (tertiary/aromatic N) is 2. The Balaban J connectivity index is 1.54. The Morgan fingerprint density at radius 2 is 1.93 bits per heavy atom. The van der Waals surface area contributed by atoms with Crippen molar-refractivity contribution in [2.24, 2.45) is 5.92 Å². The van der Waals surface area contributed by atoms with Crippen molar-refractivity contribution < 1.29 is 9.59 Å². The molecule has 4 nitrogen and oxygen atoms in total. The van der Waals surface area contributed by atoms with Crippen LogP contribution >= 0.6 is 22.7 Å². The summed E-state index contributed by atoms with van der Waals surface area (Å²) in [5.74, 6) is 0.726. The Morgan fingerprint density at radius 1 is 1.13 bits per heavy atom. The molecule has 156 valence electrons. The number of carbonyl (C=O) groups excluding carboxylic acids is 2. The second kappa shape index (κ2) is 8.23. The van der Waals surface area contributed by atoms with E-state index < -0.39 is 0 Å². The standard InChI is InChI=1S/C24H26N2O2S2/c1-15(27)26-12-11-17-22(14-26)29-21(13-19(28)16-7-3-2-4-8-16)23(17)24-25-18-9-5-6-10-20(18)30-24/h5-6,9-10,16H,2-4,7-8,11-14H2,1H3. The predicted molar refractivity (Wildman–Crippen MR) is 123 cm³/mol. The molecule has 0 saturated heterocycles. The van der Waals surface area contributed by atoms with Gasteiger partial charge in [0.15, 0.2) is 0 Å². The number of hydrogen-bond donors (Lipinski definition) is 0. The quantitative estimate of drug-likeness (QED) is 0.531. The lowest BCUT2D eigenvalue weighted by Crippen LogP contribution is -2.33. The second-order valence-electron chi connectivity index (χ2n) is 8.46. The van der Waals surface area contributed by atoms with Gasteiger partial charge in [0.05, 0.1) is 16.8 Å². The normalized spacial score (nSPS) is 17.3. The number of thiophene rings is 1. The van der Waals surface area contributed by atoms with E-state index in [-0.39, 0.29) is 11.8 Å². The largest absolute Gasteiger partial charge is 0.337 e. The van der Waals surface area contributed by atoms with E-state index in [1.54, 1.807) is 29.6 Å². The zero-order valence-electron chi connectivity index (χ0n) is 17.3. The highest BCUT2D eigenvalue weighted by Gasteiger charge is 2.30. The van der Waals surface area contributed by atoms with Crippen molar-refractivity contribution in [3.8, 4) is 10.6 Å². The fraction of sp³-hybridized carbons (Fsp3) is 0.458. The minimum atomic E-state index is 0.121. The molecule has 0 bridgehead atoms. The van der Waals surface area contributed by atoms with Crippen LogP contribution in [-0.4, -0.2) is 28.1 Å². The van der Waals surface area contributed by atoms with Crippen molar-refractivity contribution in [2.45, 2.75) is 58.4 Å². The van der Waals surface area contributed by atoms with Gasteiger partial charge in [-0.05, 0) is 37.0 Å². The number of fused-ring (bicyclic) bond motifs is 2. The van der Waals surface area contributed by atoms with Crippen LogP contribution in [0.1, 0.15) is 54.3 Å². The topological polar surface area (TPSA) is 50.3 Å². The number of benzene rings is 1. The number of rotatable bonds is 4. The second-order valence-corrected chi connectivity index (χ2v) is 10.7. The van der Waals surface area contributed by atoms with Gasteiger partial charge in [-0.25, -0.2) is 4.98 Å². The molecule has 0 N–H and O–H groups in total. The molecule has 2 aliphatic rings. The van der Waals surface area contributed by atoms with Gasteiger partial charge in [-0.15, -0.1) is 22.7 Å². The summed E-state index contributed by atoms with van der Waals surface area (Å²) in [6.45, 7) is 3.04. The molecule has 1 aliphatic carbocycles. The van der Waals surface area contributed by atoms with E-state index in [0.717, 1.165) is 41.2 Å². The molecule has 0 radical (unpaired) electrons. The molecule has 0 unspecified atom stereocenters. The predicted octanol–water partition coefficient (Wildman–Crippen LogP) is 5.62. The number of aromatic nitrogens is 1. The zero-order chi connectivity index (χ0) is 20.7. The first-order valence-electron chi connectivity index (χ1n) is 10.9. The monoisotopic (exact) mass is 438 g/mol. The fourth-order valence-electron chi connectivity index (χ4n) is 4.81. The first-order valence-corrected chi connectivity index (χ1v) is 12.5. The maximum atomic E-state index is 13.1. The van der Waals surface area contributed by atoms with Gasteiger partial charge in [-0.1, -0.05) is 31.4 Å². The van der Waals surface area contributed by atoms with E-state index in [4.69, 9.17) is 4.98 Å². The number of thiazole rings is 1. The van der Waals surface area contributed by atoms with E-state index >= 15 is 0 Å². The van der Waals surface area contributed by atoms with E-state index in [9.17, 15) is 9.59 Å². The average molecular weight is 439 g/mol. The number of hydrogen-bond acceptors (Lipinski definition) is 5. The van der Waals surface area contributed by atoms with Crippen molar-refractivity contribution in [2.75, 3.05) is 6.54 Å². The lowest BCUT2D eigenvalue weighted by atomic mass is 9.84. The van der Waals surface area contributed by atoms with E-state index in [1.165, 1.54) is 40.0 Å². The Hall–Kier alpha value is -2.05. The molecule has 2 aromatic heterocycles. The van der Waals surface area contributed by atoms with Crippen LogP contribution in [0.15, 0.2) is 24.3 Å². The summed E-state index contributed by atoms with van der Waals surface area (Å²) in [4.78, 5) is 34.3. The maximum Gasteiger partial charge on any atom is 0.219 e. The van der Waals surface area contributed by atoms with Crippen molar-refractivity contribution in [3.05, 3.63) is 39.6 Å². The molecule has 3 heterocycles. The van der Waals surface area contributed by atoms with Gasteiger partial charge >= 0.3 is 0 Å². The summed E-state index contributed by atoms with van der Waals surface area (Å²) in [6, 6.07) is 8.23. The third kappa shape index (κ3) is 3.71. The van der Waals surface area contributed by atoms with Crippen LogP contribution in [-0.2, 0) is 29.0 Å². The molecule has 1 amide bonds. The summed E-state index contributed by atoms with van der Waals surface area (Å²) in [5, 5.41) is 1.02. The van der Waals surface area contributed by atoms with Crippen LogP contribution in [0.4, 0.5) is 0 Å². The molecule has 0 spiro atoms. The van der Waals surface area contributed by atoms with Crippen molar-refractivity contribution >= 4 is 44.6 Å². The Morgan fingerprint density at radius 3 is 2.70 bits per heavy atom. The summed E-state index contributed by atoms with van der Waals surface area (Å²) < 4.78 is 1.18. The number of Topliss-reactive ketones (excluding diaryl/α,β-unsaturated/α-hetero) is 1. The van der Waals surface area contributed by atoms with Crippen molar-refractivity contribution in [1.82, 2.24) is 9.88 Å². The van der Waals surface area contributed by atoms with Crippen molar-refractivity contribution in [1.29, 1.82) is 0 Å². The summed E-state index contributed by atoms with van der Waals surface area (Å²) in [6.07, 6.45) is 7.04. The highest BCUT2D eigenvalue weighted by atomic mass is 32.1. The molecular weight excluding hydrogens is 412 g/mol. The van der Waals surface area contributed by atoms with Crippen LogP contribution in [0.3, 0.4) is 0 Å². The third-order valence-corrected chi connectivity index (χ3v) is 8.75. The van der Waals surface area contributed by atoms with Gasteiger partial charge in [0.25, 0.3) is 0 Å². The van der Waals surface area contributed by atoms with E-state index in [1.807, 2.05) is 17.0 Å². The summed E-state index contributed by atoms with van der Waals surface area (Å²) >= 11 is 3.45. The Kier molecular flexibility index (Phi) is 5.46. The Bertz CT molecular complexity index is 1070. The van der Waals surface area contributed by atoms with Gasteiger partial charge < -0.3 is 4.90 Å². The molecule has 1 fully saturated rings. The molecular formula is C24H26N2O2S2.